The van der Waals surface area contributed by atoms with Crippen LogP contribution in [0, 0.1) is 11.3 Å². The number of hydrogen-bond acceptors (Lipinski definition) is 4. The first kappa shape index (κ1) is 12.9. The van der Waals surface area contributed by atoms with Gasteiger partial charge in [0.2, 0.25) is 0 Å². The minimum absolute atomic E-state index is 0.0312. The first-order chi connectivity index (χ1) is 9.20. The number of para-hydroxylation sites is 1. The third kappa shape index (κ3) is 3.24. The Morgan fingerprint density at radius 3 is 2.42 bits per heavy atom. The molecule has 2 N–H and O–H groups in total. The van der Waals surface area contributed by atoms with Crippen LogP contribution in [0.1, 0.15) is 17.2 Å². The quantitative estimate of drug-likeness (QED) is 0.879. The molecule has 1 unspecified atom stereocenters. The van der Waals surface area contributed by atoms with Gasteiger partial charge >= 0.3 is 0 Å². The Kier molecular flexibility index (Phi) is 4.01. The normalized spacial score (nSPS) is 11.6. The molecule has 0 saturated heterocycles. The van der Waals surface area contributed by atoms with Crippen LogP contribution in [0.25, 0.3) is 0 Å². The van der Waals surface area contributed by atoms with Crippen LogP contribution in [0.3, 0.4) is 0 Å². The number of nitriles is 1. The molecule has 0 bridgehead atoms. The van der Waals surface area contributed by atoms with E-state index >= 15 is 0 Å². The van der Waals surface area contributed by atoms with Gasteiger partial charge in [-0.2, -0.15) is 5.26 Å². The molecule has 2 rings (SSSR count). The second kappa shape index (κ2) is 5.89. The topological polar surface area (TPSA) is 73.5 Å². The Labute approximate surface area is 111 Å². The summed E-state index contributed by atoms with van der Waals surface area (Å²) < 4.78 is 5.41. The van der Waals surface area contributed by atoms with E-state index in [1.54, 1.807) is 42.5 Å². The molecule has 0 aliphatic carbocycles. The predicted octanol–water partition coefficient (Wildman–Crippen LogP) is 2.38. The van der Waals surface area contributed by atoms with E-state index in [4.69, 9.17) is 10.00 Å². The lowest BCUT2D eigenvalue weighted by molar-refractivity contribution is 0.106. The van der Waals surface area contributed by atoms with Crippen molar-refractivity contribution in [3.63, 3.8) is 0 Å². The summed E-state index contributed by atoms with van der Waals surface area (Å²) in [6, 6.07) is 15.2. The molecule has 0 aromatic heterocycles. The Balaban J connectivity index is 1.98. The molecule has 4 heteroatoms. The molecule has 0 aliphatic rings. The second-order valence-corrected chi connectivity index (χ2v) is 4.02. The highest BCUT2D eigenvalue weighted by atomic mass is 16.5. The SMILES string of the molecule is N#Cc1ccc(OCC(O)c2ccccc2O)cc1. The van der Waals surface area contributed by atoms with Crippen LogP contribution in [0.15, 0.2) is 48.5 Å². The number of nitrogens with zero attached hydrogens (tertiary/aromatic N) is 1. The zero-order chi connectivity index (χ0) is 13.7. The van der Waals surface area contributed by atoms with Gasteiger partial charge in [0.15, 0.2) is 0 Å². The molecular formula is C15H13NO3. The van der Waals surface area contributed by atoms with Crippen molar-refractivity contribution in [2.24, 2.45) is 0 Å². The number of phenolic OH excluding ortho intramolecular Hbond substituents is 1. The van der Waals surface area contributed by atoms with Gasteiger partial charge in [0.1, 0.15) is 24.2 Å². The highest BCUT2D eigenvalue weighted by Gasteiger charge is 2.12. The molecular weight excluding hydrogens is 242 g/mol. The van der Waals surface area contributed by atoms with Gasteiger partial charge in [0, 0.05) is 5.56 Å². The van der Waals surface area contributed by atoms with Crippen LogP contribution >= 0.6 is 0 Å². The Morgan fingerprint density at radius 2 is 1.79 bits per heavy atom. The van der Waals surface area contributed by atoms with Gasteiger partial charge in [0.25, 0.3) is 0 Å². The molecule has 0 heterocycles. The van der Waals surface area contributed by atoms with Crippen LogP contribution in [-0.4, -0.2) is 16.8 Å². The zero-order valence-electron chi connectivity index (χ0n) is 10.2. The van der Waals surface area contributed by atoms with Crippen molar-refractivity contribution >= 4 is 0 Å². The minimum Gasteiger partial charge on any atom is -0.508 e. The second-order valence-electron chi connectivity index (χ2n) is 4.02. The summed E-state index contributed by atoms with van der Waals surface area (Å²) in [7, 11) is 0. The smallest absolute Gasteiger partial charge is 0.121 e. The van der Waals surface area contributed by atoms with Crippen LogP contribution in [0.2, 0.25) is 0 Å². The van der Waals surface area contributed by atoms with E-state index in [1.807, 2.05) is 6.07 Å². The predicted molar refractivity (Wildman–Crippen MR) is 69.7 cm³/mol. The first-order valence-electron chi connectivity index (χ1n) is 5.79. The summed E-state index contributed by atoms with van der Waals surface area (Å²) in [6.07, 6.45) is -0.906. The number of phenols is 1. The fraction of sp³-hybridized carbons (Fsp3) is 0.133. The number of hydrogen-bond donors (Lipinski definition) is 2. The van der Waals surface area contributed by atoms with E-state index in [0.717, 1.165) is 0 Å². The summed E-state index contributed by atoms with van der Waals surface area (Å²) in [5.74, 6) is 0.604. The van der Waals surface area contributed by atoms with Gasteiger partial charge in [-0.1, -0.05) is 18.2 Å². The lowest BCUT2D eigenvalue weighted by atomic mass is 10.1. The molecule has 2 aromatic carbocycles. The minimum atomic E-state index is -0.906. The summed E-state index contributed by atoms with van der Waals surface area (Å²) >= 11 is 0. The number of aliphatic hydroxyl groups excluding tert-OH is 1. The molecule has 0 radical (unpaired) electrons. The van der Waals surface area contributed by atoms with Crippen LogP contribution in [0.4, 0.5) is 0 Å². The zero-order valence-corrected chi connectivity index (χ0v) is 10.2. The van der Waals surface area contributed by atoms with Gasteiger partial charge in [-0.15, -0.1) is 0 Å². The summed E-state index contributed by atoms with van der Waals surface area (Å²) in [5.41, 5.74) is 0.977. The van der Waals surface area contributed by atoms with Gasteiger partial charge in [0.05, 0.1) is 11.6 Å². The van der Waals surface area contributed by atoms with Crippen molar-refractivity contribution in [1.82, 2.24) is 0 Å². The molecule has 4 nitrogen and oxygen atoms in total. The van der Waals surface area contributed by atoms with E-state index in [-0.39, 0.29) is 12.4 Å². The van der Waals surface area contributed by atoms with Crippen LogP contribution < -0.4 is 4.74 Å². The first-order valence-corrected chi connectivity index (χ1v) is 5.79. The third-order valence-corrected chi connectivity index (χ3v) is 2.69. The molecule has 19 heavy (non-hydrogen) atoms. The molecule has 96 valence electrons. The van der Waals surface area contributed by atoms with E-state index in [2.05, 4.69) is 0 Å². The Bertz CT molecular complexity index is 587. The monoisotopic (exact) mass is 255 g/mol. The van der Waals surface area contributed by atoms with Crippen molar-refractivity contribution in [1.29, 1.82) is 5.26 Å². The van der Waals surface area contributed by atoms with Crippen LogP contribution in [-0.2, 0) is 0 Å². The standard InChI is InChI=1S/C15H13NO3/c16-9-11-5-7-12(8-6-11)19-10-15(18)13-3-1-2-4-14(13)17/h1-8,15,17-18H,10H2. The Hall–Kier alpha value is -2.51. The maximum atomic E-state index is 9.93. The van der Waals surface area contributed by atoms with Gasteiger partial charge < -0.3 is 14.9 Å². The molecule has 0 aliphatic heterocycles. The van der Waals surface area contributed by atoms with Crippen molar-refractivity contribution in [2.75, 3.05) is 6.61 Å². The van der Waals surface area contributed by atoms with E-state index < -0.39 is 6.10 Å². The van der Waals surface area contributed by atoms with E-state index in [9.17, 15) is 10.2 Å². The molecule has 0 fully saturated rings. The van der Waals surface area contributed by atoms with Gasteiger partial charge in [-0.25, -0.2) is 0 Å². The van der Waals surface area contributed by atoms with E-state index in [0.29, 0.717) is 16.9 Å². The number of aromatic hydroxyl groups is 1. The van der Waals surface area contributed by atoms with Crippen molar-refractivity contribution in [3.05, 3.63) is 59.7 Å². The number of rotatable bonds is 4. The Morgan fingerprint density at radius 1 is 1.11 bits per heavy atom. The molecule has 0 saturated carbocycles. The molecule has 2 aromatic rings. The highest BCUT2D eigenvalue weighted by molar-refractivity contribution is 5.35. The average molecular weight is 255 g/mol. The number of benzene rings is 2. The maximum absolute atomic E-state index is 9.93. The van der Waals surface area contributed by atoms with E-state index in [1.165, 1.54) is 6.07 Å². The summed E-state index contributed by atoms with van der Waals surface area (Å²) in [6.45, 7) is 0.0312. The molecule has 0 amide bonds. The maximum Gasteiger partial charge on any atom is 0.121 e. The molecule has 0 spiro atoms. The lowest BCUT2D eigenvalue weighted by Crippen LogP contribution is -2.09. The fourth-order valence-electron chi connectivity index (χ4n) is 1.66. The van der Waals surface area contributed by atoms with Gasteiger partial charge in [-0.05, 0) is 30.3 Å². The number of ether oxygens (including phenoxy) is 1. The number of aliphatic hydroxyl groups is 1. The lowest BCUT2D eigenvalue weighted by Gasteiger charge is -2.13. The van der Waals surface area contributed by atoms with Gasteiger partial charge in [-0.3, -0.25) is 0 Å². The third-order valence-electron chi connectivity index (χ3n) is 2.69. The summed E-state index contributed by atoms with van der Waals surface area (Å²) in [4.78, 5) is 0. The molecule has 1 atom stereocenters. The van der Waals surface area contributed by atoms with Crippen molar-refractivity contribution in [3.8, 4) is 17.6 Å². The highest BCUT2D eigenvalue weighted by Crippen LogP contribution is 2.24. The van der Waals surface area contributed by atoms with Crippen molar-refractivity contribution < 1.29 is 14.9 Å². The van der Waals surface area contributed by atoms with Crippen LogP contribution in [0.5, 0.6) is 11.5 Å². The summed E-state index contributed by atoms with van der Waals surface area (Å²) in [5, 5.41) is 28.2. The fourth-order valence-corrected chi connectivity index (χ4v) is 1.66. The average Bonchev–Trinajstić information content (AvgIpc) is 2.46. The van der Waals surface area contributed by atoms with Crippen molar-refractivity contribution in [2.45, 2.75) is 6.10 Å². The largest absolute Gasteiger partial charge is 0.508 e.